The fraction of sp³-hybridized carbons (Fsp3) is 0.0833. The molecule has 0 saturated carbocycles. The van der Waals surface area contributed by atoms with Crippen LogP contribution in [0, 0.1) is 5.82 Å². The molecule has 0 bridgehead atoms. The molecule has 0 unspecified atom stereocenters. The first-order chi connectivity index (χ1) is 9.44. The van der Waals surface area contributed by atoms with Crippen molar-refractivity contribution in [3.05, 3.63) is 52.5 Å². The standard InChI is InChI=1S/C12H11BrFN3O2S/c13-9-7-16-4-3-11(9)17-20(18,19)12-2-1-8(6-15)5-10(12)14/h1-5,7H,6,15H2,(H,16,17). The third-order valence-corrected chi connectivity index (χ3v) is 4.57. The lowest BCUT2D eigenvalue weighted by Crippen LogP contribution is -2.15. The molecule has 0 atom stereocenters. The molecule has 0 radical (unpaired) electrons. The summed E-state index contributed by atoms with van der Waals surface area (Å²) in [6, 6.07) is 5.23. The Morgan fingerprint density at radius 2 is 2.10 bits per heavy atom. The predicted molar refractivity (Wildman–Crippen MR) is 77.0 cm³/mol. The van der Waals surface area contributed by atoms with Gasteiger partial charge in [0.15, 0.2) is 0 Å². The molecule has 0 amide bonds. The molecule has 0 aliphatic heterocycles. The van der Waals surface area contributed by atoms with E-state index >= 15 is 0 Å². The van der Waals surface area contributed by atoms with Crippen molar-refractivity contribution in [1.29, 1.82) is 0 Å². The van der Waals surface area contributed by atoms with E-state index in [9.17, 15) is 12.8 Å². The molecule has 0 aliphatic rings. The summed E-state index contributed by atoms with van der Waals surface area (Å²) in [6.07, 6.45) is 2.86. The van der Waals surface area contributed by atoms with Gasteiger partial charge in [0.1, 0.15) is 10.7 Å². The lowest BCUT2D eigenvalue weighted by Gasteiger charge is -2.10. The Balaban J connectivity index is 2.39. The van der Waals surface area contributed by atoms with Crippen molar-refractivity contribution in [3.63, 3.8) is 0 Å². The van der Waals surface area contributed by atoms with Gasteiger partial charge in [-0.3, -0.25) is 9.71 Å². The number of halogens is 2. The number of hydrogen-bond donors (Lipinski definition) is 2. The molecule has 3 N–H and O–H groups in total. The number of sulfonamides is 1. The van der Waals surface area contributed by atoms with E-state index in [-0.39, 0.29) is 12.2 Å². The number of nitrogens with zero attached hydrogens (tertiary/aromatic N) is 1. The van der Waals surface area contributed by atoms with Gasteiger partial charge in [-0.1, -0.05) is 6.07 Å². The van der Waals surface area contributed by atoms with Crippen LogP contribution in [0.3, 0.4) is 0 Å². The molecule has 8 heteroatoms. The first-order valence-electron chi connectivity index (χ1n) is 5.55. The highest BCUT2D eigenvalue weighted by molar-refractivity contribution is 9.10. The molecule has 106 valence electrons. The summed E-state index contributed by atoms with van der Waals surface area (Å²) in [5.41, 5.74) is 6.18. The molecule has 2 aromatic rings. The van der Waals surface area contributed by atoms with Crippen LogP contribution in [-0.2, 0) is 16.6 Å². The van der Waals surface area contributed by atoms with Crippen molar-refractivity contribution < 1.29 is 12.8 Å². The zero-order chi connectivity index (χ0) is 14.8. The molecule has 0 fully saturated rings. The molecule has 0 aliphatic carbocycles. The topological polar surface area (TPSA) is 85.1 Å². The Morgan fingerprint density at radius 3 is 2.70 bits per heavy atom. The smallest absolute Gasteiger partial charge is 0.264 e. The molecule has 1 heterocycles. The van der Waals surface area contributed by atoms with Gasteiger partial charge in [-0.15, -0.1) is 0 Å². The first-order valence-corrected chi connectivity index (χ1v) is 7.82. The molecule has 2 rings (SSSR count). The Hall–Kier alpha value is -1.51. The van der Waals surface area contributed by atoms with E-state index in [2.05, 4.69) is 25.6 Å². The quantitative estimate of drug-likeness (QED) is 0.876. The zero-order valence-electron chi connectivity index (χ0n) is 10.2. The predicted octanol–water partition coefficient (Wildman–Crippen LogP) is 2.24. The van der Waals surface area contributed by atoms with E-state index in [0.29, 0.717) is 10.0 Å². The number of aromatic nitrogens is 1. The highest BCUT2D eigenvalue weighted by Crippen LogP contribution is 2.24. The Morgan fingerprint density at radius 1 is 1.35 bits per heavy atom. The van der Waals surface area contributed by atoms with Crippen molar-refractivity contribution in [3.8, 4) is 0 Å². The van der Waals surface area contributed by atoms with Crippen LogP contribution < -0.4 is 10.5 Å². The van der Waals surface area contributed by atoms with Gasteiger partial charge in [-0.2, -0.15) is 0 Å². The number of benzene rings is 1. The summed E-state index contributed by atoms with van der Waals surface area (Å²) in [5, 5.41) is 0. The van der Waals surface area contributed by atoms with Crippen molar-refractivity contribution in [2.24, 2.45) is 5.73 Å². The van der Waals surface area contributed by atoms with Crippen LogP contribution in [-0.4, -0.2) is 13.4 Å². The monoisotopic (exact) mass is 359 g/mol. The second-order valence-corrected chi connectivity index (χ2v) is 6.44. The maximum Gasteiger partial charge on any atom is 0.264 e. The van der Waals surface area contributed by atoms with Gasteiger partial charge in [0.2, 0.25) is 0 Å². The van der Waals surface area contributed by atoms with E-state index in [4.69, 9.17) is 5.73 Å². The number of nitrogens with two attached hydrogens (primary N) is 1. The minimum Gasteiger partial charge on any atom is -0.326 e. The van der Waals surface area contributed by atoms with Gasteiger partial charge in [-0.05, 0) is 39.7 Å². The van der Waals surface area contributed by atoms with Gasteiger partial charge >= 0.3 is 0 Å². The number of hydrogen-bond acceptors (Lipinski definition) is 4. The third-order valence-electron chi connectivity index (χ3n) is 2.54. The average molecular weight is 360 g/mol. The molecule has 5 nitrogen and oxygen atoms in total. The minimum absolute atomic E-state index is 0.139. The van der Waals surface area contributed by atoms with Crippen LogP contribution in [0.25, 0.3) is 0 Å². The SMILES string of the molecule is NCc1ccc(S(=O)(=O)Nc2ccncc2Br)c(F)c1. The van der Waals surface area contributed by atoms with Crippen molar-refractivity contribution in [2.45, 2.75) is 11.4 Å². The van der Waals surface area contributed by atoms with E-state index in [1.165, 1.54) is 30.6 Å². The summed E-state index contributed by atoms with van der Waals surface area (Å²) in [6.45, 7) is 0.139. The molecule has 1 aromatic heterocycles. The van der Waals surface area contributed by atoms with E-state index in [1.807, 2.05) is 0 Å². The minimum atomic E-state index is -4.02. The molecule has 0 spiro atoms. The number of anilines is 1. The summed E-state index contributed by atoms with van der Waals surface area (Å²) < 4.78 is 40.9. The van der Waals surface area contributed by atoms with Gasteiger partial charge in [0.25, 0.3) is 10.0 Å². The van der Waals surface area contributed by atoms with Crippen LogP contribution in [0.2, 0.25) is 0 Å². The number of rotatable bonds is 4. The number of nitrogens with one attached hydrogen (secondary N) is 1. The normalized spacial score (nSPS) is 11.3. The summed E-state index contributed by atoms with van der Waals surface area (Å²) in [7, 11) is -4.02. The van der Waals surface area contributed by atoms with E-state index in [1.54, 1.807) is 0 Å². The Bertz CT molecular complexity index is 737. The average Bonchev–Trinajstić information content (AvgIpc) is 2.40. The summed E-state index contributed by atoms with van der Waals surface area (Å²) in [4.78, 5) is 3.39. The third kappa shape index (κ3) is 3.14. The molecule has 0 saturated heterocycles. The van der Waals surface area contributed by atoms with Crippen LogP contribution in [0.1, 0.15) is 5.56 Å². The molecule has 1 aromatic carbocycles. The van der Waals surface area contributed by atoms with Crippen molar-refractivity contribution in [2.75, 3.05) is 4.72 Å². The fourth-order valence-electron chi connectivity index (χ4n) is 1.55. The van der Waals surface area contributed by atoms with Crippen LogP contribution in [0.5, 0.6) is 0 Å². The maximum absolute atomic E-state index is 13.8. The van der Waals surface area contributed by atoms with Crippen LogP contribution in [0.4, 0.5) is 10.1 Å². The van der Waals surface area contributed by atoms with Gasteiger partial charge in [-0.25, -0.2) is 12.8 Å². The van der Waals surface area contributed by atoms with Crippen molar-refractivity contribution in [1.82, 2.24) is 4.98 Å². The highest BCUT2D eigenvalue weighted by Gasteiger charge is 2.20. The number of pyridine rings is 1. The first kappa shape index (κ1) is 14.9. The second-order valence-electron chi connectivity index (χ2n) is 3.93. The van der Waals surface area contributed by atoms with E-state index < -0.39 is 20.7 Å². The largest absolute Gasteiger partial charge is 0.326 e. The zero-order valence-corrected chi connectivity index (χ0v) is 12.6. The molecular formula is C12H11BrFN3O2S. The summed E-state index contributed by atoms with van der Waals surface area (Å²) >= 11 is 3.16. The fourth-order valence-corrected chi connectivity index (χ4v) is 3.17. The van der Waals surface area contributed by atoms with Gasteiger partial charge in [0, 0.05) is 18.9 Å². The van der Waals surface area contributed by atoms with Crippen LogP contribution in [0.15, 0.2) is 46.0 Å². The van der Waals surface area contributed by atoms with E-state index in [0.717, 1.165) is 6.07 Å². The highest BCUT2D eigenvalue weighted by atomic mass is 79.9. The Labute approximate surface area is 124 Å². The second kappa shape index (κ2) is 5.86. The Kier molecular flexibility index (Phi) is 4.36. The maximum atomic E-state index is 13.8. The van der Waals surface area contributed by atoms with Gasteiger partial charge in [0.05, 0.1) is 10.2 Å². The van der Waals surface area contributed by atoms with Crippen LogP contribution >= 0.6 is 15.9 Å². The summed E-state index contributed by atoms with van der Waals surface area (Å²) in [5.74, 6) is -0.842. The lowest BCUT2D eigenvalue weighted by atomic mass is 10.2. The molecular weight excluding hydrogens is 349 g/mol. The molecule has 20 heavy (non-hydrogen) atoms. The lowest BCUT2D eigenvalue weighted by molar-refractivity contribution is 0.569. The van der Waals surface area contributed by atoms with Gasteiger partial charge < -0.3 is 5.73 Å². The van der Waals surface area contributed by atoms with Crippen molar-refractivity contribution >= 4 is 31.6 Å².